The van der Waals surface area contributed by atoms with E-state index in [0.717, 1.165) is 12.2 Å². The van der Waals surface area contributed by atoms with E-state index >= 15 is 0 Å². The van der Waals surface area contributed by atoms with Gasteiger partial charge in [0.25, 0.3) is 0 Å². The number of methoxy groups -OCH3 is 1. The summed E-state index contributed by atoms with van der Waals surface area (Å²) in [5, 5.41) is 0. The third-order valence-electron chi connectivity index (χ3n) is 1.66. The molecular weight excluding hydrogens is 228 g/mol. The van der Waals surface area contributed by atoms with Crippen LogP contribution in [0.4, 0.5) is 0 Å². The highest BCUT2D eigenvalue weighted by Gasteiger charge is 2.03. The molecule has 0 aromatic carbocycles. The third-order valence-corrected chi connectivity index (χ3v) is 1.66. The Morgan fingerprint density at radius 1 is 1.00 bits per heavy atom. The molecule has 0 spiro atoms. The second-order valence-corrected chi connectivity index (χ2v) is 2.99. The van der Waals surface area contributed by atoms with Crippen molar-refractivity contribution in [3.8, 4) is 0 Å². The SMILES string of the molecule is CCC(=O)COC(=O)/C=C/C(=O)OCCOC. The van der Waals surface area contributed by atoms with Gasteiger partial charge in [0.2, 0.25) is 0 Å². The Kier molecular flexibility index (Phi) is 8.58. The van der Waals surface area contributed by atoms with Crippen molar-refractivity contribution in [1.82, 2.24) is 0 Å². The van der Waals surface area contributed by atoms with E-state index in [1.165, 1.54) is 7.11 Å². The lowest BCUT2D eigenvalue weighted by molar-refractivity contribution is -0.143. The smallest absolute Gasteiger partial charge is 0.331 e. The van der Waals surface area contributed by atoms with Gasteiger partial charge in [-0.2, -0.15) is 0 Å². The minimum absolute atomic E-state index is 0.114. The molecule has 0 fully saturated rings. The van der Waals surface area contributed by atoms with Crippen LogP contribution in [0.3, 0.4) is 0 Å². The van der Waals surface area contributed by atoms with Crippen LogP contribution in [0.2, 0.25) is 0 Å². The Balaban J connectivity index is 3.78. The molecule has 0 heterocycles. The highest BCUT2D eigenvalue weighted by Crippen LogP contribution is 1.88. The van der Waals surface area contributed by atoms with Crippen molar-refractivity contribution in [1.29, 1.82) is 0 Å². The Hall–Kier alpha value is -1.69. The first-order chi connectivity index (χ1) is 8.10. The van der Waals surface area contributed by atoms with Gasteiger partial charge in [-0.25, -0.2) is 9.59 Å². The first-order valence-electron chi connectivity index (χ1n) is 5.12. The molecule has 0 aromatic rings. The topological polar surface area (TPSA) is 78.9 Å². The summed E-state index contributed by atoms with van der Waals surface area (Å²) in [7, 11) is 1.48. The predicted molar refractivity (Wildman–Crippen MR) is 58.2 cm³/mol. The largest absolute Gasteiger partial charge is 0.460 e. The zero-order valence-corrected chi connectivity index (χ0v) is 9.93. The summed E-state index contributed by atoms with van der Waals surface area (Å²) in [5.74, 6) is -1.61. The summed E-state index contributed by atoms with van der Waals surface area (Å²) in [5.41, 5.74) is 0. The van der Waals surface area contributed by atoms with Crippen LogP contribution in [0.15, 0.2) is 12.2 Å². The Bertz CT molecular complexity index is 294. The predicted octanol–water partition coefficient (Wildman–Crippen LogP) is 0.254. The molecule has 0 saturated heterocycles. The second-order valence-electron chi connectivity index (χ2n) is 2.99. The van der Waals surface area contributed by atoms with Crippen molar-refractivity contribution in [3.05, 3.63) is 12.2 Å². The van der Waals surface area contributed by atoms with E-state index in [-0.39, 0.29) is 25.6 Å². The monoisotopic (exact) mass is 244 g/mol. The minimum Gasteiger partial charge on any atom is -0.460 e. The number of hydrogen-bond donors (Lipinski definition) is 0. The van der Waals surface area contributed by atoms with Crippen LogP contribution in [0.1, 0.15) is 13.3 Å². The maximum atomic E-state index is 11.0. The molecule has 0 N–H and O–H groups in total. The summed E-state index contributed by atoms with van der Waals surface area (Å²) in [4.78, 5) is 32.8. The lowest BCUT2D eigenvalue weighted by Crippen LogP contribution is -2.12. The Labute approximate surface area is 99.5 Å². The van der Waals surface area contributed by atoms with Gasteiger partial charge in [-0.1, -0.05) is 6.92 Å². The van der Waals surface area contributed by atoms with Crippen LogP contribution in [0.5, 0.6) is 0 Å². The van der Waals surface area contributed by atoms with E-state index < -0.39 is 11.9 Å². The van der Waals surface area contributed by atoms with Crippen LogP contribution >= 0.6 is 0 Å². The lowest BCUT2D eigenvalue weighted by Gasteiger charge is -2.00. The molecule has 17 heavy (non-hydrogen) atoms. The van der Waals surface area contributed by atoms with Crippen LogP contribution in [-0.2, 0) is 28.6 Å². The quantitative estimate of drug-likeness (QED) is 0.346. The molecule has 0 aliphatic rings. The number of carbonyl (C=O) groups excluding carboxylic acids is 3. The van der Waals surface area contributed by atoms with Gasteiger partial charge in [-0.15, -0.1) is 0 Å². The fraction of sp³-hybridized carbons (Fsp3) is 0.545. The number of ether oxygens (including phenoxy) is 3. The van der Waals surface area contributed by atoms with Crippen molar-refractivity contribution in [2.24, 2.45) is 0 Å². The molecule has 0 amide bonds. The average molecular weight is 244 g/mol. The van der Waals surface area contributed by atoms with Gasteiger partial charge in [0, 0.05) is 25.7 Å². The molecule has 96 valence electrons. The summed E-state index contributed by atoms with van der Waals surface area (Å²) in [6, 6.07) is 0. The molecule has 0 aliphatic carbocycles. The fourth-order valence-corrected chi connectivity index (χ4v) is 0.712. The standard InChI is InChI=1S/C11H16O6/c1-3-9(12)8-17-11(14)5-4-10(13)16-7-6-15-2/h4-5H,3,6-8H2,1-2H3/b5-4+. The van der Waals surface area contributed by atoms with Crippen LogP contribution in [-0.4, -0.2) is 44.7 Å². The normalized spacial score (nSPS) is 10.2. The highest BCUT2D eigenvalue weighted by atomic mass is 16.6. The molecular formula is C11H16O6. The van der Waals surface area contributed by atoms with Gasteiger partial charge in [0.05, 0.1) is 6.61 Å². The molecule has 6 heteroatoms. The summed E-state index contributed by atoms with van der Waals surface area (Å²) >= 11 is 0. The van der Waals surface area contributed by atoms with E-state index in [9.17, 15) is 14.4 Å². The van der Waals surface area contributed by atoms with Gasteiger partial charge in [0.1, 0.15) is 13.2 Å². The first-order valence-corrected chi connectivity index (χ1v) is 5.12. The lowest BCUT2D eigenvalue weighted by atomic mass is 10.3. The summed E-state index contributed by atoms with van der Waals surface area (Å²) in [6.45, 7) is 1.79. The number of carbonyl (C=O) groups is 3. The van der Waals surface area contributed by atoms with Crippen LogP contribution in [0, 0.1) is 0 Å². The van der Waals surface area contributed by atoms with Gasteiger partial charge in [-0.05, 0) is 0 Å². The molecule has 0 bridgehead atoms. The summed E-state index contributed by atoms with van der Waals surface area (Å²) < 4.78 is 13.9. The van der Waals surface area contributed by atoms with Crippen LogP contribution < -0.4 is 0 Å². The van der Waals surface area contributed by atoms with Gasteiger partial charge in [-0.3, -0.25) is 4.79 Å². The molecule has 0 saturated carbocycles. The van der Waals surface area contributed by atoms with Crippen molar-refractivity contribution in [2.45, 2.75) is 13.3 Å². The van der Waals surface area contributed by atoms with E-state index in [0.29, 0.717) is 6.42 Å². The Morgan fingerprint density at radius 3 is 2.12 bits per heavy atom. The molecule has 0 rings (SSSR count). The molecule has 0 atom stereocenters. The Morgan fingerprint density at radius 2 is 1.59 bits per heavy atom. The van der Waals surface area contributed by atoms with Crippen LogP contribution in [0.25, 0.3) is 0 Å². The maximum absolute atomic E-state index is 11.0. The van der Waals surface area contributed by atoms with Crippen molar-refractivity contribution >= 4 is 17.7 Å². The zero-order valence-electron chi connectivity index (χ0n) is 9.93. The van der Waals surface area contributed by atoms with Gasteiger partial charge >= 0.3 is 11.9 Å². The average Bonchev–Trinajstić information content (AvgIpc) is 2.33. The van der Waals surface area contributed by atoms with Gasteiger partial charge in [0.15, 0.2) is 5.78 Å². The van der Waals surface area contributed by atoms with Crippen molar-refractivity contribution in [3.63, 3.8) is 0 Å². The number of esters is 2. The third kappa shape index (κ3) is 9.25. The van der Waals surface area contributed by atoms with E-state index in [1.807, 2.05) is 0 Å². The van der Waals surface area contributed by atoms with Crippen molar-refractivity contribution < 1.29 is 28.6 Å². The van der Waals surface area contributed by atoms with E-state index in [4.69, 9.17) is 0 Å². The second kappa shape index (κ2) is 9.53. The number of rotatable bonds is 8. The highest BCUT2D eigenvalue weighted by molar-refractivity contribution is 5.92. The van der Waals surface area contributed by atoms with E-state index in [2.05, 4.69) is 14.2 Å². The fourth-order valence-electron chi connectivity index (χ4n) is 0.712. The molecule has 0 aromatic heterocycles. The number of Topliss-reactive ketones (excluding diaryl/α,β-unsaturated/α-hetero) is 1. The molecule has 0 aliphatic heterocycles. The number of ketones is 1. The molecule has 6 nitrogen and oxygen atoms in total. The minimum atomic E-state index is -0.754. The zero-order chi connectivity index (χ0) is 13.1. The van der Waals surface area contributed by atoms with Crippen molar-refractivity contribution in [2.75, 3.05) is 26.9 Å². The maximum Gasteiger partial charge on any atom is 0.331 e. The van der Waals surface area contributed by atoms with E-state index in [1.54, 1.807) is 6.92 Å². The first kappa shape index (κ1) is 15.3. The molecule has 0 unspecified atom stereocenters. The van der Waals surface area contributed by atoms with Gasteiger partial charge < -0.3 is 14.2 Å². The number of hydrogen-bond acceptors (Lipinski definition) is 6. The summed E-state index contributed by atoms with van der Waals surface area (Å²) in [6.07, 6.45) is 2.16. The molecule has 0 radical (unpaired) electrons.